The first-order valence-corrected chi connectivity index (χ1v) is 3.09. The van der Waals surface area contributed by atoms with Crippen LogP contribution in [0.25, 0.3) is 0 Å². The molecule has 0 aromatic carbocycles. The zero-order valence-electron chi connectivity index (χ0n) is 5.48. The summed E-state index contributed by atoms with van der Waals surface area (Å²) in [7, 11) is 0. The van der Waals surface area contributed by atoms with E-state index in [9.17, 15) is 0 Å². The number of nitrogens with one attached hydrogen (secondary N) is 1. The number of hydrogen-bond acceptors (Lipinski definition) is 1. The lowest BCUT2D eigenvalue weighted by molar-refractivity contribution is 0.807. The van der Waals surface area contributed by atoms with Crippen LogP contribution in [0.15, 0.2) is 12.3 Å². The van der Waals surface area contributed by atoms with Crippen molar-refractivity contribution in [3.05, 3.63) is 19.2 Å². The summed E-state index contributed by atoms with van der Waals surface area (Å²) < 4.78 is 0. The van der Waals surface area contributed by atoms with Gasteiger partial charge in [-0.3, -0.25) is 0 Å². The van der Waals surface area contributed by atoms with Crippen LogP contribution in [0, 0.1) is 6.92 Å². The standard InChI is InChI=1S/C7H14N/c1-3-5-7-8-6-4-2/h5,7-8H,1,3-4,6H2,2H3/b7-5+. The van der Waals surface area contributed by atoms with Crippen molar-refractivity contribution < 1.29 is 0 Å². The van der Waals surface area contributed by atoms with E-state index in [0.717, 1.165) is 13.0 Å². The minimum atomic E-state index is 0.872. The molecule has 0 saturated heterocycles. The first kappa shape index (κ1) is 7.54. The minimum absolute atomic E-state index is 0.872. The van der Waals surface area contributed by atoms with Gasteiger partial charge in [-0.05, 0) is 26.0 Å². The molecule has 0 rings (SSSR count). The van der Waals surface area contributed by atoms with E-state index < -0.39 is 0 Å². The minimum Gasteiger partial charge on any atom is -0.391 e. The molecule has 0 saturated carbocycles. The molecule has 0 fully saturated rings. The van der Waals surface area contributed by atoms with Crippen LogP contribution in [-0.4, -0.2) is 6.54 Å². The number of hydrogen-bond donors (Lipinski definition) is 1. The molecule has 0 aliphatic heterocycles. The molecule has 0 aromatic rings. The van der Waals surface area contributed by atoms with E-state index >= 15 is 0 Å². The summed E-state index contributed by atoms with van der Waals surface area (Å²) in [5, 5.41) is 3.12. The van der Waals surface area contributed by atoms with Gasteiger partial charge in [-0.25, -0.2) is 0 Å². The molecule has 0 aliphatic rings. The van der Waals surface area contributed by atoms with E-state index in [1.165, 1.54) is 6.42 Å². The lowest BCUT2D eigenvalue weighted by Crippen LogP contribution is -2.04. The van der Waals surface area contributed by atoms with Crippen LogP contribution in [-0.2, 0) is 0 Å². The van der Waals surface area contributed by atoms with Crippen LogP contribution in [0.3, 0.4) is 0 Å². The van der Waals surface area contributed by atoms with Gasteiger partial charge in [0.15, 0.2) is 0 Å². The second-order valence-electron chi connectivity index (χ2n) is 1.65. The van der Waals surface area contributed by atoms with Crippen molar-refractivity contribution in [3.63, 3.8) is 0 Å². The molecule has 0 unspecified atom stereocenters. The molecule has 0 aliphatic carbocycles. The van der Waals surface area contributed by atoms with Gasteiger partial charge in [-0.1, -0.05) is 13.0 Å². The molecule has 47 valence electrons. The van der Waals surface area contributed by atoms with Crippen molar-refractivity contribution >= 4 is 0 Å². The third kappa shape index (κ3) is 5.54. The number of allylic oxidation sites excluding steroid dienone is 1. The predicted octanol–water partition coefficient (Wildman–Crippen LogP) is 1.72. The normalized spacial score (nSPS) is 10.2. The average molecular weight is 112 g/mol. The highest BCUT2D eigenvalue weighted by Crippen LogP contribution is 1.75. The Bertz CT molecular complexity index is 57.4. The highest BCUT2D eigenvalue weighted by atomic mass is 14.8. The summed E-state index contributed by atoms with van der Waals surface area (Å²) >= 11 is 0. The van der Waals surface area contributed by atoms with Crippen LogP contribution in [0.5, 0.6) is 0 Å². The molecular formula is C7H14N. The maximum absolute atomic E-state index is 3.66. The Labute approximate surface area is 51.8 Å². The number of rotatable bonds is 4. The third-order valence-electron chi connectivity index (χ3n) is 0.797. The quantitative estimate of drug-likeness (QED) is 0.546. The van der Waals surface area contributed by atoms with Gasteiger partial charge in [-0.2, -0.15) is 0 Å². The van der Waals surface area contributed by atoms with E-state index in [0.29, 0.717) is 0 Å². The molecule has 1 radical (unpaired) electrons. The molecule has 0 amide bonds. The summed E-state index contributed by atoms with van der Waals surface area (Å²) in [5.41, 5.74) is 0. The maximum atomic E-state index is 3.66. The van der Waals surface area contributed by atoms with Crippen molar-refractivity contribution in [3.8, 4) is 0 Å². The fourth-order valence-corrected chi connectivity index (χ4v) is 0.394. The largest absolute Gasteiger partial charge is 0.391 e. The maximum Gasteiger partial charge on any atom is 0.0138 e. The van der Waals surface area contributed by atoms with Crippen molar-refractivity contribution in [2.45, 2.75) is 19.8 Å². The Kier molecular flexibility index (Phi) is 6.16. The lowest BCUT2D eigenvalue weighted by Gasteiger charge is -1.92. The first-order chi connectivity index (χ1) is 3.91. The van der Waals surface area contributed by atoms with Gasteiger partial charge in [0.2, 0.25) is 0 Å². The highest BCUT2D eigenvalue weighted by Gasteiger charge is 1.70. The molecule has 0 bridgehead atoms. The molecule has 8 heavy (non-hydrogen) atoms. The Morgan fingerprint density at radius 2 is 2.38 bits per heavy atom. The topological polar surface area (TPSA) is 12.0 Å². The van der Waals surface area contributed by atoms with Crippen LogP contribution in [0.4, 0.5) is 0 Å². The molecule has 0 spiro atoms. The second-order valence-corrected chi connectivity index (χ2v) is 1.65. The second kappa shape index (κ2) is 6.54. The van der Waals surface area contributed by atoms with E-state index in [4.69, 9.17) is 0 Å². The van der Waals surface area contributed by atoms with E-state index in [1.807, 2.05) is 12.3 Å². The summed E-state index contributed by atoms with van der Waals surface area (Å²) in [6.07, 6.45) is 6.02. The van der Waals surface area contributed by atoms with E-state index in [-0.39, 0.29) is 0 Å². The Hall–Kier alpha value is -0.460. The van der Waals surface area contributed by atoms with Crippen molar-refractivity contribution in [1.29, 1.82) is 0 Å². The molecule has 1 heteroatoms. The van der Waals surface area contributed by atoms with Gasteiger partial charge in [-0.15, -0.1) is 0 Å². The van der Waals surface area contributed by atoms with Crippen LogP contribution >= 0.6 is 0 Å². The van der Waals surface area contributed by atoms with Gasteiger partial charge in [0, 0.05) is 6.54 Å². The SMILES string of the molecule is [CH2]C/C=C/NCCC. The smallest absolute Gasteiger partial charge is 0.0138 e. The van der Waals surface area contributed by atoms with Gasteiger partial charge in [0.05, 0.1) is 0 Å². The molecule has 0 atom stereocenters. The Morgan fingerprint density at radius 3 is 2.88 bits per heavy atom. The molecule has 1 N–H and O–H groups in total. The molecule has 0 heterocycles. The van der Waals surface area contributed by atoms with Gasteiger partial charge < -0.3 is 5.32 Å². The predicted molar refractivity (Wildman–Crippen MR) is 37.4 cm³/mol. The van der Waals surface area contributed by atoms with Crippen LogP contribution < -0.4 is 5.32 Å². The van der Waals surface area contributed by atoms with Gasteiger partial charge in [0.1, 0.15) is 0 Å². The average Bonchev–Trinajstić information content (AvgIpc) is 1.81. The van der Waals surface area contributed by atoms with E-state index in [2.05, 4.69) is 19.2 Å². The van der Waals surface area contributed by atoms with Crippen molar-refractivity contribution in [1.82, 2.24) is 5.32 Å². The fraction of sp³-hybridized carbons (Fsp3) is 0.571. The highest BCUT2D eigenvalue weighted by molar-refractivity contribution is 4.79. The van der Waals surface area contributed by atoms with Crippen LogP contribution in [0.2, 0.25) is 0 Å². The molecular weight excluding hydrogens is 98.1 g/mol. The molecule has 0 aromatic heterocycles. The zero-order chi connectivity index (χ0) is 6.24. The lowest BCUT2D eigenvalue weighted by atomic mass is 10.4. The molecule has 1 nitrogen and oxygen atoms in total. The Balaban J connectivity index is 2.80. The third-order valence-corrected chi connectivity index (χ3v) is 0.797. The summed E-state index contributed by atoms with van der Waals surface area (Å²) in [6.45, 7) is 6.87. The first-order valence-electron chi connectivity index (χ1n) is 3.09. The van der Waals surface area contributed by atoms with Crippen LogP contribution in [0.1, 0.15) is 19.8 Å². The Morgan fingerprint density at radius 1 is 1.62 bits per heavy atom. The van der Waals surface area contributed by atoms with Gasteiger partial charge >= 0.3 is 0 Å². The fourth-order valence-electron chi connectivity index (χ4n) is 0.394. The summed E-state index contributed by atoms with van der Waals surface area (Å²) in [5.74, 6) is 0. The summed E-state index contributed by atoms with van der Waals surface area (Å²) in [6, 6.07) is 0. The summed E-state index contributed by atoms with van der Waals surface area (Å²) in [4.78, 5) is 0. The monoisotopic (exact) mass is 112 g/mol. The van der Waals surface area contributed by atoms with E-state index in [1.54, 1.807) is 0 Å². The van der Waals surface area contributed by atoms with Crippen molar-refractivity contribution in [2.24, 2.45) is 0 Å². The zero-order valence-corrected chi connectivity index (χ0v) is 5.48. The van der Waals surface area contributed by atoms with Gasteiger partial charge in [0.25, 0.3) is 0 Å². The van der Waals surface area contributed by atoms with Crippen molar-refractivity contribution in [2.75, 3.05) is 6.54 Å².